The summed E-state index contributed by atoms with van der Waals surface area (Å²) in [4.78, 5) is 31.2. The van der Waals surface area contributed by atoms with Crippen molar-refractivity contribution in [3.05, 3.63) is 35.9 Å². The van der Waals surface area contributed by atoms with Gasteiger partial charge in [-0.15, -0.1) is 0 Å². The lowest BCUT2D eigenvalue weighted by molar-refractivity contribution is -0.141. The van der Waals surface area contributed by atoms with Crippen LogP contribution in [0.25, 0.3) is 0 Å². The molecule has 0 spiro atoms. The zero-order valence-electron chi connectivity index (χ0n) is 12.1. The SMILES string of the molecule is C[C@H]1ON(C)[C@H](c2ccccc2)[C@@H]1C(=O)N1CCOC1=O. The third-order valence-electron chi connectivity index (χ3n) is 4.02. The largest absolute Gasteiger partial charge is 0.447 e. The summed E-state index contributed by atoms with van der Waals surface area (Å²) in [5, 5.41) is 1.70. The number of hydroxylamine groups is 2. The quantitative estimate of drug-likeness (QED) is 0.828. The van der Waals surface area contributed by atoms with E-state index in [1.807, 2.05) is 44.3 Å². The Balaban J connectivity index is 1.90. The summed E-state index contributed by atoms with van der Waals surface area (Å²) < 4.78 is 4.86. The second-order valence-electron chi connectivity index (χ2n) is 5.34. The van der Waals surface area contributed by atoms with E-state index >= 15 is 0 Å². The van der Waals surface area contributed by atoms with Gasteiger partial charge in [0.2, 0.25) is 5.91 Å². The van der Waals surface area contributed by atoms with Crippen molar-refractivity contribution in [1.29, 1.82) is 0 Å². The zero-order valence-corrected chi connectivity index (χ0v) is 12.1. The fourth-order valence-electron chi connectivity index (χ4n) is 3.05. The Morgan fingerprint density at radius 3 is 2.62 bits per heavy atom. The monoisotopic (exact) mass is 290 g/mol. The molecule has 2 aliphatic rings. The van der Waals surface area contributed by atoms with Gasteiger partial charge < -0.3 is 4.74 Å². The van der Waals surface area contributed by atoms with Gasteiger partial charge in [-0.25, -0.2) is 9.69 Å². The average Bonchev–Trinajstić information content (AvgIpc) is 3.02. The Hall–Kier alpha value is -1.92. The maximum atomic E-state index is 12.7. The molecule has 0 unspecified atom stereocenters. The number of carbonyl (C=O) groups excluding carboxylic acids is 2. The van der Waals surface area contributed by atoms with Crippen LogP contribution in [0.15, 0.2) is 30.3 Å². The van der Waals surface area contributed by atoms with Crippen LogP contribution in [-0.2, 0) is 14.4 Å². The number of hydrogen-bond acceptors (Lipinski definition) is 5. The number of imide groups is 1. The summed E-state index contributed by atoms with van der Waals surface area (Å²) in [6.07, 6.45) is -0.852. The zero-order chi connectivity index (χ0) is 15.0. The van der Waals surface area contributed by atoms with Crippen LogP contribution in [0.5, 0.6) is 0 Å². The molecule has 0 N–H and O–H groups in total. The standard InChI is InChI=1S/C15H18N2O4/c1-10-12(14(18)17-8-9-20-15(17)19)13(16(2)21-10)11-6-4-3-5-7-11/h3-7,10,12-13H,8-9H2,1-2H3/t10-,12-,13-/m1/s1. The normalized spacial score (nSPS) is 29.7. The number of hydrogen-bond donors (Lipinski definition) is 0. The van der Waals surface area contributed by atoms with Gasteiger partial charge in [0, 0.05) is 7.05 Å². The summed E-state index contributed by atoms with van der Waals surface area (Å²) in [6, 6.07) is 9.51. The Kier molecular flexibility index (Phi) is 3.65. The van der Waals surface area contributed by atoms with Crippen LogP contribution in [0.3, 0.4) is 0 Å². The molecule has 3 atom stereocenters. The minimum absolute atomic E-state index is 0.206. The van der Waals surface area contributed by atoms with E-state index in [9.17, 15) is 9.59 Å². The topological polar surface area (TPSA) is 59.1 Å². The molecule has 0 bridgehead atoms. The van der Waals surface area contributed by atoms with Crippen LogP contribution >= 0.6 is 0 Å². The van der Waals surface area contributed by atoms with Crippen molar-refractivity contribution in [2.24, 2.45) is 5.92 Å². The summed E-state index contributed by atoms with van der Waals surface area (Å²) >= 11 is 0. The van der Waals surface area contributed by atoms with Crippen molar-refractivity contribution in [1.82, 2.24) is 9.96 Å². The Morgan fingerprint density at radius 2 is 2.00 bits per heavy atom. The van der Waals surface area contributed by atoms with Crippen molar-refractivity contribution in [3.8, 4) is 0 Å². The van der Waals surface area contributed by atoms with Crippen LogP contribution in [0.4, 0.5) is 4.79 Å². The predicted molar refractivity (Wildman–Crippen MR) is 74.0 cm³/mol. The average molecular weight is 290 g/mol. The van der Waals surface area contributed by atoms with Crippen LogP contribution in [0.1, 0.15) is 18.5 Å². The minimum Gasteiger partial charge on any atom is -0.447 e. The molecular formula is C15H18N2O4. The molecule has 1 aromatic rings. The molecule has 2 saturated heterocycles. The smallest absolute Gasteiger partial charge is 0.416 e. The van der Waals surface area contributed by atoms with Crippen molar-refractivity contribution in [3.63, 3.8) is 0 Å². The molecule has 0 aliphatic carbocycles. The van der Waals surface area contributed by atoms with Crippen molar-refractivity contribution >= 4 is 12.0 Å². The van der Waals surface area contributed by atoms with E-state index in [0.29, 0.717) is 6.54 Å². The molecule has 6 nitrogen and oxygen atoms in total. The fourth-order valence-corrected chi connectivity index (χ4v) is 3.05. The second-order valence-corrected chi connectivity index (χ2v) is 5.34. The first-order valence-corrected chi connectivity index (χ1v) is 7.02. The highest BCUT2D eigenvalue weighted by Crippen LogP contribution is 2.39. The minimum atomic E-state index is -0.562. The van der Waals surface area contributed by atoms with E-state index < -0.39 is 12.0 Å². The van der Waals surface area contributed by atoms with E-state index in [4.69, 9.17) is 9.57 Å². The fraction of sp³-hybridized carbons (Fsp3) is 0.467. The molecular weight excluding hydrogens is 272 g/mol. The predicted octanol–water partition coefficient (Wildman–Crippen LogP) is 1.59. The lowest BCUT2D eigenvalue weighted by Crippen LogP contribution is -2.41. The molecule has 0 aromatic heterocycles. The van der Waals surface area contributed by atoms with Gasteiger partial charge in [0.1, 0.15) is 6.61 Å². The molecule has 112 valence electrons. The molecule has 2 aliphatic heterocycles. The highest BCUT2D eigenvalue weighted by atomic mass is 16.7. The number of carbonyl (C=O) groups is 2. The number of nitrogens with zero attached hydrogens (tertiary/aromatic N) is 2. The summed E-state index contributed by atoms with van der Waals surface area (Å²) in [5.74, 6) is -0.661. The molecule has 2 amide bonds. The number of ether oxygens (including phenoxy) is 1. The van der Waals surface area contributed by atoms with Crippen molar-refractivity contribution in [2.75, 3.05) is 20.2 Å². The molecule has 6 heteroatoms. The number of rotatable bonds is 2. The van der Waals surface area contributed by atoms with Crippen LogP contribution in [0, 0.1) is 5.92 Å². The van der Waals surface area contributed by atoms with Gasteiger partial charge in [-0.2, -0.15) is 5.06 Å². The first-order chi connectivity index (χ1) is 10.1. The van der Waals surface area contributed by atoms with E-state index in [-0.39, 0.29) is 24.7 Å². The Morgan fingerprint density at radius 1 is 1.29 bits per heavy atom. The molecule has 1 aromatic carbocycles. The van der Waals surface area contributed by atoms with Gasteiger partial charge >= 0.3 is 6.09 Å². The molecule has 2 fully saturated rings. The van der Waals surface area contributed by atoms with Crippen LogP contribution < -0.4 is 0 Å². The van der Waals surface area contributed by atoms with Crippen molar-refractivity contribution in [2.45, 2.75) is 19.1 Å². The second kappa shape index (κ2) is 5.46. The maximum Gasteiger partial charge on any atom is 0.416 e. The molecule has 3 rings (SSSR count). The molecule has 0 saturated carbocycles. The van der Waals surface area contributed by atoms with Crippen LogP contribution in [0.2, 0.25) is 0 Å². The van der Waals surface area contributed by atoms with Gasteiger partial charge in [-0.05, 0) is 12.5 Å². The third kappa shape index (κ3) is 2.41. The summed E-state index contributed by atoms with van der Waals surface area (Å²) in [6.45, 7) is 2.42. The van der Waals surface area contributed by atoms with E-state index in [1.54, 1.807) is 5.06 Å². The van der Waals surface area contributed by atoms with Gasteiger partial charge in [-0.3, -0.25) is 9.63 Å². The Bertz CT molecular complexity index is 548. The van der Waals surface area contributed by atoms with Gasteiger partial charge in [0.05, 0.1) is 24.6 Å². The molecule has 21 heavy (non-hydrogen) atoms. The van der Waals surface area contributed by atoms with Gasteiger partial charge in [-0.1, -0.05) is 30.3 Å². The van der Waals surface area contributed by atoms with E-state index in [0.717, 1.165) is 5.56 Å². The highest BCUT2D eigenvalue weighted by molar-refractivity contribution is 5.95. The highest BCUT2D eigenvalue weighted by Gasteiger charge is 2.48. The van der Waals surface area contributed by atoms with E-state index in [1.165, 1.54) is 4.90 Å². The number of amides is 2. The molecule has 0 radical (unpaired) electrons. The third-order valence-corrected chi connectivity index (χ3v) is 4.02. The Labute approximate surface area is 123 Å². The maximum absolute atomic E-state index is 12.7. The van der Waals surface area contributed by atoms with Gasteiger partial charge in [0.15, 0.2) is 0 Å². The lowest BCUT2D eigenvalue weighted by Gasteiger charge is -2.24. The number of benzene rings is 1. The molecule has 2 heterocycles. The first kappa shape index (κ1) is 14.0. The van der Waals surface area contributed by atoms with Gasteiger partial charge in [0.25, 0.3) is 0 Å². The lowest BCUT2D eigenvalue weighted by atomic mass is 9.89. The van der Waals surface area contributed by atoms with Crippen LogP contribution in [-0.4, -0.2) is 48.3 Å². The van der Waals surface area contributed by atoms with E-state index in [2.05, 4.69) is 0 Å². The summed E-state index contributed by atoms with van der Waals surface area (Å²) in [7, 11) is 1.81. The summed E-state index contributed by atoms with van der Waals surface area (Å²) in [5.41, 5.74) is 0.996. The first-order valence-electron chi connectivity index (χ1n) is 7.02. The van der Waals surface area contributed by atoms with Crippen molar-refractivity contribution < 1.29 is 19.2 Å². The number of cyclic esters (lactones) is 1.